The number of hydrogen-bond donors (Lipinski definition) is 1. The Kier molecular flexibility index (Phi) is 2.59. The molecule has 1 atom stereocenters. The van der Waals surface area contributed by atoms with E-state index in [1.54, 1.807) is 0 Å². The molecular weight excluding hydrogens is 178 g/mol. The van der Waals surface area contributed by atoms with Gasteiger partial charge in [-0.15, -0.1) is 0 Å². The quantitative estimate of drug-likeness (QED) is 0.649. The summed E-state index contributed by atoms with van der Waals surface area (Å²) in [6.07, 6.45) is 1.48. The number of anilines is 1. The van der Waals surface area contributed by atoms with Crippen LogP contribution in [0.25, 0.3) is 0 Å². The molecule has 0 radical (unpaired) electrons. The molecule has 12 heavy (non-hydrogen) atoms. The van der Waals surface area contributed by atoms with Gasteiger partial charge in [-0.1, -0.05) is 0 Å². The first-order chi connectivity index (χ1) is 5.63. The number of nitrogens with two attached hydrogens (primary N) is 1. The van der Waals surface area contributed by atoms with Crippen LogP contribution in [0.2, 0.25) is 0 Å². The normalized spacial score (nSPS) is 12.5. The van der Waals surface area contributed by atoms with Gasteiger partial charge in [0.1, 0.15) is 5.82 Å². The smallest absolute Gasteiger partial charge is 0.223 e. The number of aromatic nitrogens is 2. The van der Waals surface area contributed by atoms with E-state index in [2.05, 4.69) is 9.97 Å². The van der Waals surface area contributed by atoms with E-state index in [1.807, 2.05) is 0 Å². The van der Waals surface area contributed by atoms with Crippen LogP contribution in [0.5, 0.6) is 5.88 Å². The number of ether oxygens (including phenoxy) is 1. The number of hydrogen-bond acceptors (Lipinski definition) is 5. The van der Waals surface area contributed by atoms with Crippen LogP contribution in [0, 0.1) is 0 Å². The second-order valence-electron chi connectivity index (χ2n) is 2.07. The predicted octanol–water partition coefficient (Wildman–Crippen LogP) is -0.195. The lowest BCUT2D eigenvalue weighted by molar-refractivity contribution is 0.392. The predicted molar refractivity (Wildman–Crippen MR) is 45.3 cm³/mol. The highest BCUT2D eigenvalue weighted by Crippen LogP contribution is 2.11. The van der Waals surface area contributed by atoms with E-state index in [-0.39, 0.29) is 11.0 Å². The van der Waals surface area contributed by atoms with Crippen molar-refractivity contribution in [2.45, 2.75) is 5.16 Å². The summed E-state index contributed by atoms with van der Waals surface area (Å²) in [7, 11) is 0.229. The fourth-order valence-corrected chi connectivity index (χ4v) is 1.11. The molecule has 0 spiro atoms. The lowest BCUT2D eigenvalue weighted by Crippen LogP contribution is -2.02. The maximum atomic E-state index is 10.9. The number of nitrogen functional groups attached to an aromatic ring is 1. The molecule has 0 saturated carbocycles. The molecule has 1 heterocycles. The van der Waals surface area contributed by atoms with Crippen molar-refractivity contribution in [1.82, 2.24) is 9.97 Å². The molecule has 1 unspecified atom stereocenters. The highest BCUT2D eigenvalue weighted by Gasteiger charge is 2.05. The summed E-state index contributed by atoms with van der Waals surface area (Å²) in [5.41, 5.74) is 5.41. The van der Waals surface area contributed by atoms with E-state index in [0.717, 1.165) is 0 Å². The minimum Gasteiger partial charge on any atom is -0.481 e. The molecule has 66 valence electrons. The van der Waals surface area contributed by atoms with Crippen LogP contribution in [0.1, 0.15) is 0 Å². The topological polar surface area (TPSA) is 78.1 Å². The van der Waals surface area contributed by atoms with Gasteiger partial charge in [0.25, 0.3) is 0 Å². The highest BCUT2D eigenvalue weighted by molar-refractivity contribution is 7.84. The lowest BCUT2D eigenvalue weighted by Gasteiger charge is -2.01. The summed E-state index contributed by atoms with van der Waals surface area (Å²) in [5, 5.41) is 0.187. The minimum atomic E-state index is -1.23. The Hall–Kier alpha value is -1.17. The lowest BCUT2D eigenvalue weighted by atomic mass is 10.6. The van der Waals surface area contributed by atoms with Crippen molar-refractivity contribution in [2.24, 2.45) is 0 Å². The Morgan fingerprint density at radius 2 is 2.25 bits per heavy atom. The highest BCUT2D eigenvalue weighted by atomic mass is 32.2. The van der Waals surface area contributed by atoms with Crippen molar-refractivity contribution in [3.63, 3.8) is 0 Å². The third-order valence-electron chi connectivity index (χ3n) is 1.17. The number of rotatable bonds is 2. The Morgan fingerprint density at radius 1 is 1.58 bits per heavy atom. The standard InChI is InChI=1S/C6H9N3O2S/c1-11-5-3-4(7)8-6(9-5)12(2)10/h3H,1-2H3,(H2,7,8,9). The molecular formula is C6H9N3O2S. The van der Waals surface area contributed by atoms with E-state index in [0.29, 0.717) is 5.88 Å². The monoisotopic (exact) mass is 187 g/mol. The summed E-state index contributed by atoms with van der Waals surface area (Å²) in [6.45, 7) is 0. The van der Waals surface area contributed by atoms with Gasteiger partial charge in [-0.25, -0.2) is 4.98 Å². The Labute approximate surface area is 72.4 Å². The Bertz CT molecular complexity index is 316. The molecule has 0 saturated heterocycles. The van der Waals surface area contributed by atoms with Crippen LogP contribution >= 0.6 is 0 Å². The van der Waals surface area contributed by atoms with Gasteiger partial charge in [0.05, 0.1) is 17.9 Å². The second kappa shape index (κ2) is 3.48. The van der Waals surface area contributed by atoms with Gasteiger partial charge in [-0.05, 0) is 0 Å². The van der Waals surface area contributed by atoms with Gasteiger partial charge in [0, 0.05) is 12.3 Å². The van der Waals surface area contributed by atoms with Crippen LogP contribution < -0.4 is 10.5 Å². The number of nitrogens with zero attached hydrogens (tertiary/aromatic N) is 2. The summed E-state index contributed by atoms with van der Waals surface area (Å²) in [4.78, 5) is 7.61. The van der Waals surface area contributed by atoms with Crippen molar-refractivity contribution in [3.05, 3.63) is 6.07 Å². The molecule has 0 fully saturated rings. The molecule has 0 aliphatic heterocycles. The molecule has 6 heteroatoms. The maximum Gasteiger partial charge on any atom is 0.223 e. The summed E-state index contributed by atoms with van der Waals surface area (Å²) in [6, 6.07) is 1.47. The minimum absolute atomic E-state index is 0.187. The Morgan fingerprint density at radius 3 is 2.75 bits per heavy atom. The average molecular weight is 187 g/mol. The van der Waals surface area contributed by atoms with Crippen LogP contribution in [-0.4, -0.2) is 27.5 Å². The van der Waals surface area contributed by atoms with Crippen LogP contribution in [-0.2, 0) is 10.8 Å². The van der Waals surface area contributed by atoms with Crippen LogP contribution in [0.15, 0.2) is 11.2 Å². The van der Waals surface area contributed by atoms with Crippen LogP contribution in [0.4, 0.5) is 5.82 Å². The van der Waals surface area contributed by atoms with Gasteiger partial charge in [-0.2, -0.15) is 4.98 Å². The van der Waals surface area contributed by atoms with Crippen molar-refractivity contribution < 1.29 is 8.95 Å². The van der Waals surface area contributed by atoms with E-state index in [9.17, 15) is 4.21 Å². The molecule has 0 amide bonds. The second-order valence-corrected chi connectivity index (χ2v) is 3.35. The third kappa shape index (κ3) is 1.91. The van der Waals surface area contributed by atoms with Gasteiger partial charge in [-0.3, -0.25) is 4.21 Å². The molecule has 1 aromatic heterocycles. The third-order valence-corrected chi connectivity index (χ3v) is 1.86. The molecule has 1 rings (SSSR count). The average Bonchev–Trinajstić information content (AvgIpc) is 2.03. The van der Waals surface area contributed by atoms with E-state index >= 15 is 0 Å². The maximum absolute atomic E-state index is 10.9. The molecule has 0 aliphatic carbocycles. The first kappa shape index (κ1) is 8.92. The van der Waals surface area contributed by atoms with E-state index in [1.165, 1.54) is 19.4 Å². The van der Waals surface area contributed by atoms with Crippen molar-refractivity contribution in [3.8, 4) is 5.88 Å². The van der Waals surface area contributed by atoms with Gasteiger partial charge in [0.15, 0.2) is 0 Å². The zero-order chi connectivity index (χ0) is 9.14. The molecule has 0 aliphatic rings. The SMILES string of the molecule is COc1cc(N)nc(S(C)=O)n1. The zero-order valence-corrected chi connectivity index (χ0v) is 7.59. The van der Waals surface area contributed by atoms with E-state index < -0.39 is 10.8 Å². The molecule has 1 aromatic rings. The first-order valence-corrected chi connectivity index (χ1v) is 4.71. The molecule has 0 aromatic carbocycles. The largest absolute Gasteiger partial charge is 0.481 e. The summed E-state index contributed by atoms with van der Waals surface area (Å²) < 4.78 is 15.8. The summed E-state index contributed by atoms with van der Waals surface area (Å²) >= 11 is 0. The van der Waals surface area contributed by atoms with Crippen molar-refractivity contribution in [2.75, 3.05) is 19.1 Å². The Balaban J connectivity index is 3.15. The van der Waals surface area contributed by atoms with Gasteiger partial charge in [0.2, 0.25) is 11.0 Å². The van der Waals surface area contributed by atoms with Gasteiger partial charge < -0.3 is 10.5 Å². The zero-order valence-electron chi connectivity index (χ0n) is 6.77. The van der Waals surface area contributed by atoms with Crippen LogP contribution in [0.3, 0.4) is 0 Å². The van der Waals surface area contributed by atoms with Crippen molar-refractivity contribution in [1.29, 1.82) is 0 Å². The molecule has 0 bridgehead atoms. The first-order valence-electron chi connectivity index (χ1n) is 3.15. The fourth-order valence-electron chi connectivity index (χ4n) is 0.654. The van der Waals surface area contributed by atoms with E-state index in [4.69, 9.17) is 10.5 Å². The summed E-state index contributed by atoms with van der Waals surface area (Å²) in [5.74, 6) is 0.583. The molecule has 2 N–H and O–H groups in total. The van der Waals surface area contributed by atoms with Gasteiger partial charge >= 0.3 is 0 Å². The number of methoxy groups -OCH3 is 1. The molecule has 5 nitrogen and oxygen atoms in total. The fraction of sp³-hybridized carbons (Fsp3) is 0.333. The van der Waals surface area contributed by atoms with Crippen molar-refractivity contribution >= 4 is 16.6 Å².